The molecule has 0 spiro atoms. The maximum Gasteiger partial charge on any atom is 0.222 e. The largest absolute Gasteiger partial charge is 0.341 e. The molecule has 0 aromatic carbocycles. The van der Waals surface area contributed by atoms with Crippen molar-refractivity contribution in [2.75, 3.05) is 20.1 Å². The van der Waals surface area contributed by atoms with Gasteiger partial charge >= 0.3 is 0 Å². The standard InChI is InChI=1S/C9H18N2O/c1-3-6-10-7-8-4-5-9(12)11(8)2/h8,10H,3-7H2,1-2H3/t8-/m0/s1. The highest BCUT2D eigenvalue weighted by atomic mass is 16.2. The van der Waals surface area contributed by atoms with E-state index in [0.717, 1.165) is 32.4 Å². The summed E-state index contributed by atoms with van der Waals surface area (Å²) < 4.78 is 0. The van der Waals surface area contributed by atoms with Crippen LogP contribution >= 0.6 is 0 Å². The van der Waals surface area contributed by atoms with Crippen molar-refractivity contribution >= 4 is 5.91 Å². The number of likely N-dealkylation sites (N-methyl/N-ethyl adjacent to an activating group) is 1. The number of carbonyl (C=O) groups is 1. The summed E-state index contributed by atoms with van der Waals surface area (Å²) in [6, 6.07) is 0.434. The molecule has 0 aliphatic carbocycles. The fourth-order valence-corrected chi connectivity index (χ4v) is 1.55. The van der Waals surface area contributed by atoms with Gasteiger partial charge in [-0.2, -0.15) is 0 Å². The van der Waals surface area contributed by atoms with Crippen molar-refractivity contribution in [3.05, 3.63) is 0 Å². The lowest BCUT2D eigenvalue weighted by Crippen LogP contribution is -2.37. The number of nitrogens with one attached hydrogen (secondary N) is 1. The zero-order valence-corrected chi connectivity index (χ0v) is 7.97. The molecular formula is C9H18N2O. The Morgan fingerprint density at radius 2 is 2.42 bits per heavy atom. The van der Waals surface area contributed by atoms with E-state index < -0.39 is 0 Å². The first kappa shape index (κ1) is 9.52. The molecule has 12 heavy (non-hydrogen) atoms. The van der Waals surface area contributed by atoms with Crippen LogP contribution in [-0.2, 0) is 4.79 Å². The molecule has 0 unspecified atom stereocenters. The molecule has 1 amide bonds. The summed E-state index contributed by atoms with van der Waals surface area (Å²) in [5.74, 6) is 0.290. The predicted molar refractivity (Wildman–Crippen MR) is 49.0 cm³/mol. The molecule has 3 nitrogen and oxygen atoms in total. The lowest BCUT2D eigenvalue weighted by atomic mass is 10.2. The third-order valence-electron chi connectivity index (χ3n) is 2.44. The van der Waals surface area contributed by atoms with Crippen molar-refractivity contribution in [3.8, 4) is 0 Å². The minimum Gasteiger partial charge on any atom is -0.341 e. The maximum absolute atomic E-state index is 11.1. The minimum absolute atomic E-state index is 0.290. The summed E-state index contributed by atoms with van der Waals surface area (Å²) in [5.41, 5.74) is 0. The van der Waals surface area contributed by atoms with Gasteiger partial charge in [0.25, 0.3) is 0 Å². The van der Waals surface area contributed by atoms with E-state index in [4.69, 9.17) is 0 Å². The molecule has 0 radical (unpaired) electrons. The van der Waals surface area contributed by atoms with Gasteiger partial charge in [0.15, 0.2) is 0 Å². The monoisotopic (exact) mass is 170 g/mol. The van der Waals surface area contributed by atoms with Crippen molar-refractivity contribution in [2.45, 2.75) is 32.2 Å². The molecule has 0 aromatic rings. The zero-order chi connectivity index (χ0) is 8.97. The summed E-state index contributed by atoms with van der Waals surface area (Å²) in [5, 5.41) is 3.33. The summed E-state index contributed by atoms with van der Waals surface area (Å²) in [7, 11) is 1.90. The number of likely N-dealkylation sites (tertiary alicyclic amines) is 1. The van der Waals surface area contributed by atoms with Gasteiger partial charge in [0.1, 0.15) is 0 Å². The fraction of sp³-hybridized carbons (Fsp3) is 0.889. The number of hydrogen-bond donors (Lipinski definition) is 1. The summed E-state index contributed by atoms with van der Waals surface area (Å²) in [6.07, 6.45) is 2.91. The van der Waals surface area contributed by atoms with Crippen molar-refractivity contribution in [1.82, 2.24) is 10.2 Å². The highest BCUT2D eigenvalue weighted by Crippen LogP contribution is 2.15. The highest BCUT2D eigenvalue weighted by Gasteiger charge is 2.26. The molecule has 1 aliphatic rings. The fourth-order valence-electron chi connectivity index (χ4n) is 1.55. The number of amides is 1. The van der Waals surface area contributed by atoms with Crippen LogP contribution in [0.5, 0.6) is 0 Å². The Kier molecular flexibility index (Phi) is 3.53. The Morgan fingerprint density at radius 1 is 1.67 bits per heavy atom. The number of carbonyl (C=O) groups excluding carboxylic acids is 1. The Labute approximate surface area is 74.1 Å². The van der Waals surface area contributed by atoms with Crippen LogP contribution < -0.4 is 5.32 Å². The second-order valence-corrected chi connectivity index (χ2v) is 3.40. The SMILES string of the molecule is CCCNC[C@@H]1CCC(=O)N1C. The van der Waals surface area contributed by atoms with E-state index in [9.17, 15) is 4.79 Å². The molecule has 1 rings (SSSR count). The predicted octanol–water partition coefficient (Wildman–Crippen LogP) is 0.607. The average Bonchev–Trinajstić information content (AvgIpc) is 2.36. The Bertz CT molecular complexity index is 159. The van der Waals surface area contributed by atoms with Gasteiger partial charge in [0.2, 0.25) is 5.91 Å². The highest BCUT2D eigenvalue weighted by molar-refractivity contribution is 5.78. The van der Waals surface area contributed by atoms with E-state index in [1.807, 2.05) is 11.9 Å². The van der Waals surface area contributed by atoms with Crippen LogP contribution in [0.2, 0.25) is 0 Å². The Balaban J connectivity index is 2.20. The van der Waals surface area contributed by atoms with E-state index in [0.29, 0.717) is 11.9 Å². The molecule has 1 saturated heterocycles. The van der Waals surface area contributed by atoms with Gasteiger partial charge in [0, 0.05) is 26.1 Å². The van der Waals surface area contributed by atoms with E-state index in [-0.39, 0.29) is 0 Å². The number of rotatable bonds is 4. The van der Waals surface area contributed by atoms with E-state index in [2.05, 4.69) is 12.2 Å². The molecule has 1 atom stereocenters. The van der Waals surface area contributed by atoms with Crippen LogP contribution in [0, 0.1) is 0 Å². The van der Waals surface area contributed by atoms with Gasteiger partial charge in [-0.1, -0.05) is 6.92 Å². The van der Waals surface area contributed by atoms with Gasteiger partial charge in [0.05, 0.1) is 0 Å². The first-order valence-corrected chi connectivity index (χ1v) is 4.72. The number of hydrogen-bond acceptors (Lipinski definition) is 2. The van der Waals surface area contributed by atoms with Gasteiger partial charge < -0.3 is 10.2 Å². The summed E-state index contributed by atoms with van der Waals surface area (Å²) in [4.78, 5) is 13.0. The molecule has 1 fully saturated rings. The van der Waals surface area contributed by atoms with Crippen molar-refractivity contribution in [2.24, 2.45) is 0 Å². The van der Waals surface area contributed by atoms with Crippen LogP contribution in [0.3, 0.4) is 0 Å². The van der Waals surface area contributed by atoms with E-state index in [1.165, 1.54) is 0 Å². The quantitative estimate of drug-likeness (QED) is 0.627. The van der Waals surface area contributed by atoms with Crippen LogP contribution in [-0.4, -0.2) is 37.0 Å². The molecule has 0 aromatic heterocycles. The Hall–Kier alpha value is -0.570. The topological polar surface area (TPSA) is 32.3 Å². The zero-order valence-electron chi connectivity index (χ0n) is 7.97. The summed E-state index contributed by atoms with van der Waals surface area (Å²) in [6.45, 7) is 4.16. The third-order valence-corrected chi connectivity index (χ3v) is 2.44. The van der Waals surface area contributed by atoms with Gasteiger partial charge in [-0.05, 0) is 19.4 Å². The molecule has 1 N–H and O–H groups in total. The van der Waals surface area contributed by atoms with Gasteiger partial charge in [-0.3, -0.25) is 4.79 Å². The lowest BCUT2D eigenvalue weighted by molar-refractivity contribution is -0.127. The molecule has 3 heteroatoms. The molecule has 0 saturated carbocycles. The lowest BCUT2D eigenvalue weighted by Gasteiger charge is -2.19. The molecule has 1 aliphatic heterocycles. The third kappa shape index (κ3) is 2.21. The first-order valence-electron chi connectivity index (χ1n) is 4.72. The van der Waals surface area contributed by atoms with Crippen LogP contribution in [0.4, 0.5) is 0 Å². The summed E-state index contributed by atoms with van der Waals surface area (Å²) >= 11 is 0. The average molecular weight is 170 g/mol. The number of nitrogens with zero attached hydrogens (tertiary/aromatic N) is 1. The van der Waals surface area contributed by atoms with E-state index >= 15 is 0 Å². The second-order valence-electron chi connectivity index (χ2n) is 3.40. The molecular weight excluding hydrogens is 152 g/mol. The van der Waals surface area contributed by atoms with E-state index in [1.54, 1.807) is 0 Å². The minimum atomic E-state index is 0.290. The smallest absolute Gasteiger partial charge is 0.222 e. The van der Waals surface area contributed by atoms with Gasteiger partial charge in [-0.25, -0.2) is 0 Å². The van der Waals surface area contributed by atoms with Gasteiger partial charge in [-0.15, -0.1) is 0 Å². The van der Waals surface area contributed by atoms with Crippen LogP contribution in [0.25, 0.3) is 0 Å². The van der Waals surface area contributed by atoms with Crippen molar-refractivity contribution in [3.63, 3.8) is 0 Å². The first-order chi connectivity index (χ1) is 5.75. The Morgan fingerprint density at radius 3 is 2.92 bits per heavy atom. The normalized spacial score (nSPS) is 23.7. The van der Waals surface area contributed by atoms with Crippen molar-refractivity contribution in [1.29, 1.82) is 0 Å². The second kappa shape index (κ2) is 4.45. The van der Waals surface area contributed by atoms with Crippen molar-refractivity contribution < 1.29 is 4.79 Å². The molecule has 0 bridgehead atoms. The molecule has 70 valence electrons. The maximum atomic E-state index is 11.1. The van der Waals surface area contributed by atoms with Crippen LogP contribution in [0.1, 0.15) is 26.2 Å². The molecule has 1 heterocycles. The van der Waals surface area contributed by atoms with Crippen LogP contribution in [0.15, 0.2) is 0 Å².